The molecule has 0 spiro atoms. The third kappa shape index (κ3) is 3.28. The number of hydrogen-bond acceptors (Lipinski definition) is 5. The fraction of sp³-hybridized carbons (Fsp3) is 0.353. The molecule has 1 aliphatic heterocycles. The standard InChI is InChI=1S/C17H19N5O3/c1-11-9-22-10-12(8-19-22)16-14-7-13(3-4-15(14)20-21-16)24-6-2-5-18-17(23)25-11/h3-4,7-8,10-11H,2,5-6,9H2,1H3,(H,18,23)(H,20,21). The molecule has 1 aromatic carbocycles. The third-order valence-electron chi connectivity index (χ3n) is 4.05. The first-order chi connectivity index (χ1) is 12.2. The van der Waals surface area contributed by atoms with Gasteiger partial charge in [0.2, 0.25) is 0 Å². The second-order valence-corrected chi connectivity index (χ2v) is 6.08. The quantitative estimate of drug-likeness (QED) is 0.654. The molecule has 3 aromatic rings. The average Bonchev–Trinajstić information content (AvgIpc) is 3.19. The molecule has 0 radical (unpaired) electrons. The van der Waals surface area contributed by atoms with Crippen LogP contribution in [0.3, 0.4) is 0 Å². The number of carbonyl (C=O) groups is 1. The van der Waals surface area contributed by atoms with Crippen LogP contribution in [0.25, 0.3) is 22.2 Å². The van der Waals surface area contributed by atoms with Crippen molar-refractivity contribution in [2.45, 2.75) is 26.0 Å². The molecule has 2 aromatic heterocycles. The number of benzene rings is 1. The predicted molar refractivity (Wildman–Crippen MR) is 91.4 cm³/mol. The number of alkyl carbamates (subject to hydrolysis) is 1. The molecule has 0 fully saturated rings. The molecule has 0 saturated heterocycles. The van der Waals surface area contributed by atoms with Crippen molar-refractivity contribution in [1.29, 1.82) is 0 Å². The highest BCUT2D eigenvalue weighted by atomic mass is 16.6. The molecule has 8 nitrogen and oxygen atoms in total. The van der Waals surface area contributed by atoms with Gasteiger partial charge in [-0.2, -0.15) is 10.2 Å². The summed E-state index contributed by atoms with van der Waals surface area (Å²) >= 11 is 0. The van der Waals surface area contributed by atoms with E-state index in [9.17, 15) is 4.79 Å². The molecule has 1 aliphatic rings. The lowest BCUT2D eigenvalue weighted by Gasteiger charge is -2.14. The van der Waals surface area contributed by atoms with Gasteiger partial charge < -0.3 is 14.8 Å². The zero-order valence-electron chi connectivity index (χ0n) is 13.9. The van der Waals surface area contributed by atoms with Crippen LogP contribution in [0.4, 0.5) is 4.79 Å². The Hall–Kier alpha value is -3.03. The van der Waals surface area contributed by atoms with Crippen molar-refractivity contribution in [3.63, 3.8) is 0 Å². The van der Waals surface area contributed by atoms with E-state index in [1.54, 1.807) is 10.9 Å². The summed E-state index contributed by atoms with van der Waals surface area (Å²) < 4.78 is 12.9. The van der Waals surface area contributed by atoms with Gasteiger partial charge in [0.05, 0.1) is 24.9 Å². The Balaban J connectivity index is 1.70. The van der Waals surface area contributed by atoms with Crippen molar-refractivity contribution in [2.75, 3.05) is 13.2 Å². The number of carbonyl (C=O) groups excluding carboxylic acids is 1. The van der Waals surface area contributed by atoms with Crippen molar-refractivity contribution in [3.8, 4) is 17.0 Å². The van der Waals surface area contributed by atoms with Gasteiger partial charge in [0, 0.05) is 23.7 Å². The lowest BCUT2D eigenvalue weighted by atomic mass is 10.1. The molecule has 8 heteroatoms. The summed E-state index contributed by atoms with van der Waals surface area (Å²) in [4.78, 5) is 11.8. The fourth-order valence-electron chi connectivity index (χ4n) is 2.87. The first kappa shape index (κ1) is 15.5. The molecule has 4 rings (SSSR count). The monoisotopic (exact) mass is 341 g/mol. The lowest BCUT2D eigenvalue weighted by Crippen LogP contribution is -2.31. The molecular weight excluding hydrogens is 322 g/mol. The molecule has 1 atom stereocenters. The van der Waals surface area contributed by atoms with Crippen LogP contribution in [0.15, 0.2) is 30.6 Å². The number of aromatic nitrogens is 4. The van der Waals surface area contributed by atoms with Crippen LogP contribution in [0.2, 0.25) is 0 Å². The van der Waals surface area contributed by atoms with Crippen LogP contribution in [-0.4, -0.2) is 45.3 Å². The number of ether oxygens (including phenoxy) is 2. The number of nitrogens with one attached hydrogen (secondary N) is 2. The van der Waals surface area contributed by atoms with Crippen molar-refractivity contribution in [1.82, 2.24) is 25.3 Å². The molecule has 4 bridgehead atoms. The SMILES string of the molecule is CC1Cn2cc(cn2)-c2n[nH]c3ccc(cc23)OCCCNC(=O)O1. The Kier molecular flexibility index (Phi) is 4.01. The number of H-pyrrole nitrogens is 1. The minimum Gasteiger partial charge on any atom is -0.494 e. The van der Waals surface area contributed by atoms with Crippen LogP contribution < -0.4 is 10.1 Å². The number of nitrogens with zero attached hydrogens (tertiary/aromatic N) is 3. The van der Waals surface area contributed by atoms with Gasteiger partial charge in [-0.05, 0) is 31.5 Å². The zero-order valence-corrected chi connectivity index (χ0v) is 13.9. The minimum absolute atomic E-state index is 0.292. The van der Waals surface area contributed by atoms with E-state index in [1.165, 1.54) is 0 Å². The van der Waals surface area contributed by atoms with E-state index in [2.05, 4.69) is 20.6 Å². The van der Waals surface area contributed by atoms with E-state index in [-0.39, 0.29) is 6.10 Å². The van der Waals surface area contributed by atoms with E-state index in [1.807, 2.05) is 31.3 Å². The first-order valence-corrected chi connectivity index (χ1v) is 8.27. The molecule has 2 N–H and O–H groups in total. The van der Waals surface area contributed by atoms with Crippen molar-refractivity contribution < 1.29 is 14.3 Å². The molecular formula is C17H19N5O3. The molecule has 3 heterocycles. The average molecular weight is 341 g/mol. The number of rotatable bonds is 0. The number of fused-ring (bicyclic) bond motifs is 4. The normalized spacial score (nSPS) is 18.6. The van der Waals surface area contributed by atoms with Crippen LogP contribution in [-0.2, 0) is 11.3 Å². The first-order valence-electron chi connectivity index (χ1n) is 8.27. The molecule has 0 saturated carbocycles. The summed E-state index contributed by atoms with van der Waals surface area (Å²) in [6, 6.07) is 5.83. The van der Waals surface area contributed by atoms with E-state index >= 15 is 0 Å². The van der Waals surface area contributed by atoms with E-state index < -0.39 is 6.09 Å². The number of hydrogen-bond donors (Lipinski definition) is 2. The Morgan fingerprint density at radius 3 is 3.20 bits per heavy atom. The van der Waals surface area contributed by atoms with Crippen molar-refractivity contribution >= 4 is 17.0 Å². The lowest BCUT2D eigenvalue weighted by molar-refractivity contribution is 0.0950. The summed E-state index contributed by atoms with van der Waals surface area (Å²) in [6.07, 6.45) is 3.63. The smallest absolute Gasteiger partial charge is 0.407 e. The second-order valence-electron chi connectivity index (χ2n) is 6.08. The van der Waals surface area contributed by atoms with E-state index in [4.69, 9.17) is 9.47 Å². The summed E-state index contributed by atoms with van der Waals surface area (Å²) in [6.45, 7) is 3.32. The van der Waals surface area contributed by atoms with Crippen LogP contribution in [0.5, 0.6) is 5.75 Å². The highest BCUT2D eigenvalue weighted by Crippen LogP contribution is 2.29. The number of amides is 1. The van der Waals surface area contributed by atoms with Gasteiger partial charge in [0.25, 0.3) is 0 Å². The van der Waals surface area contributed by atoms with Gasteiger partial charge in [-0.1, -0.05) is 0 Å². The number of aromatic amines is 1. The van der Waals surface area contributed by atoms with E-state index in [0.29, 0.717) is 26.1 Å². The summed E-state index contributed by atoms with van der Waals surface area (Å²) in [7, 11) is 0. The maximum absolute atomic E-state index is 11.8. The Labute approximate surface area is 144 Å². The van der Waals surface area contributed by atoms with Gasteiger partial charge in [0.1, 0.15) is 17.5 Å². The number of cyclic esters (lactones) is 1. The summed E-state index contributed by atoms with van der Waals surface area (Å²) in [5.74, 6) is 0.769. The fourth-order valence-corrected chi connectivity index (χ4v) is 2.87. The van der Waals surface area contributed by atoms with Gasteiger partial charge in [-0.3, -0.25) is 9.78 Å². The zero-order chi connectivity index (χ0) is 17.2. The molecule has 1 unspecified atom stereocenters. The molecule has 130 valence electrons. The van der Waals surface area contributed by atoms with Crippen LogP contribution in [0.1, 0.15) is 13.3 Å². The largest absolute Gasteiger partial charge is 0.494 e. The summed E-state index contributed by atoms with van der Waals surface area (Å²) in [5, 5.41) is 15.5. The maximum atomic E-state index is 11.8. The second kappa shape index (κ2) is 6.46. The molecule has 1 amide bonds. The Morgan fingerprint density at radius 1 is 1.36 bits per heavy atom. The predicted octanol–water partition coefficient (Wildman–Crippen LogP) is 2.32. The minimum atomic E-state index is -0.428. The third-order valence-corrected chi connectivity index (χ3v) is 4.05. The molecule has 25 heavy (non-hydrogen) atoms. The maximum Gasteiger partial charge on any atom is 0.407 e. The van der Waals surface area contributed by atoms with Crippen LogP contribution >= 0.6 is 0 Å². The van der Waals surface area contributed by atoms with Crippen LogP contribution in [0, 0.1) is 0 Å². The van der Waals surface area contributed by atoms with Gasteiger partial charge >= 0.3 is 6.09 Å². The van der Waals surface area contributed by atoms with Gasteiger partial charge in [-0.15, -0.1) is 0 Å². The van der Waals surface area contributed by atoms with Gasteiger partial charge in [-0.25, -0.2) is 4.79 Å². The van der Waals surface area contributed by atoms with Crippen molar-refractivity contribution in [2.24, 2.45) is 0 Å². The highest BCUT2D eigenvalue weighted by molar-refractivity contribution is 5.93. The van der Waals surface area contributed by atoms with E-state index in [0.717, 1.165) is 27.9 Å². The molecule has 0 aliphatic carbocycles. The summed E-state index contributed by atoms with van der Waals surface area (Å²) in [5.41, 5.74) is 2.66. The van der Waals surface area contributed by atoms with Crippen molar-refractivity contribution in [3.05, 3.63) is 30.6 Å². The Bertz CT molecular complexity index is 901. The van der Waals surface area contributed by atoms with Gasteiger partial charge in [0.15, 0.2) is 0 Å². The Morgan fingerprint density at radius 2 is 2.28 bits per heavy atom. The highest BCUT2D eigenvalue weighted by Gasteiger charge is 2.14. The topological polar surface area (TPSA) is 94.1 Å².